The zero-order valence-corrected chi connectivity index (χ0v) is 14.6. The number of ether oxygens (including phenoxy) is 1. The molecule has 1 heterocycles. The number of nitrogens with one attached hydrogen (secondary N) is 2. The van der Waals surface area contributed by atoms with Crippen LogP contribution in [0.5, 0.6) is 11.5 Å². The number of aromatic amines is 1. The standard InChI is InChI=1S/C19H17F2N3O3/c1-10-7-11(2)17(16(25)8-10)14-9-15(24-23-14)18(26)22-12-3-5-13(6-4-12)27-19(20)21/h3-9,19,25H,1-2H3,(H,22,26)(H,23,24). The average Bonchev–Trinajstić information content (AvgIpc) is 3.05. The number of phenols is 1. The van der Waals surface area contributed by atoms with E-state index >= 15 is 0 Å². The van der Waals surface area contributed by atoms with Crippen molar-refractivity contribution >= 4 is 11.6 Å². The second kappa shape index (κ2) is 7.45. The van der Waals surface area contributed by atoms with Crippen molar-refractivity contribution in [3.05, 3.63) is 59.3 Å². The third kappa shape index (κ3) is 4.22. The van der Waals surface area contributed by atoms with Crippen LogP contribution in [0, 0.1) is 13.8 Å². The largest absolute Gasteiger partial charge is 0.507 e. The van der Waals surface area contributed by atoms with Gasteiger partial charge in [0.2, 0.25) is 0 Å². The molecule has 0 aliphatic rings. The molecule has 3 aromatic rings. The number of aryl methyl sites for hydroxylation is 2. The number of rotatable bonds is 5. The number of benzene rings is 2. The second-order valence-corrected chi connectivity index (χ2v) is 6.00. The van der Waals surface area contributed by atoms with Crippen molar-refractivity contribution in [2.24, 2.45) is 0 Å². The van der Waals surface area contributed by atoms with Crippen molar-refractivity contribution in [3.8, 4) is 22.8 Å². The van der Waals surface area contributed by atoms with Crippen LogP contribution in [-0.4, -0.2) is 27.8 Å². The molecule has 0 aliphatic heterocycles. The molecule has 6 nitrogen and oxygen atoms in total. The molecule has 0 unspecified atom stereocenters. The molecule has 0 saturated carbocycles. The zero-order valence-electron chi connectivity index (χ0n) is 14.6. The Morgan fingerprint density at radius 2 is 1.89 bits per heavy atom. The Bertz CT molecular complexity index is 946. The van der Waals surface area contributed by atoms with Gasteiger partial charge in [0.05, 0.1) is 5.69 Å². The molecule has 0 aliphatic carbocycles. The van der Waals surface area contributed by atoms with E-state index < -0.39 is 12.5 Å². The molecule has 2 aromatic carbocycles. The van der Waals surface area contributed by atoms with E-state index in [0.717, 1.165) is 11.1 Å². The van der Waals surface area contributed by atoms with Crippen LogP contribution in [0.15, 0.2) is 42.5 Å². The van der Waals surface area contributed by atoms with Crippen molar-refractivity contribution < 1.29 is 23.4 Å². The molecular weight excluding hydrogens is 356 g/mol. The van der Waals surface area contributed by atoms with E-state index in [1.54, 1.807) is 6.07 Å². The Morgan fingerprint density at radius 3 is 2.52 bits per heavy atom. The van der Waals surface area contributed by atoms with E-state index in [2.05, 4.69) is 20.3 Å². The summed E-state index contributed by atoms with van der Waals surface area (Å²) in [5.41, 5.74) is 3.34. The number of amides is 1. The van der Waals surface area contributed by atoms with Crippen molar-refractivity contribution in [3.63, 3.8) is 0 Å². The first-order chi connectivity index (χ1) is 12.8. The van der Waals surface area contributed by atoms with Crippen LogP contribution in [0.3, 0.4) is 0 Å². The summed E-state index contributed by atoms with van der Waals surface area (Å²) in [6.45, 7) is 0.812. The number of phenolic OH excluding ortho intramolecular Hbond substituents is 1. The van der Waals surface area contributed by atoms with E-state index in [9.17, 15) is 18.7 Å². The maximum absolute atomic E-state index is 12.3. The number of H-pyrrole nitrogens is 1. The van der Waals surface area contributed by atoms with Gasteiger partial charge in [-0.05, 0) is 61.4 Å². The van der Waals surface area contributed by atoms with E-state index in [0.29, 0.717) is 16.9 Å². The van der Waals surface area contributed by atoms with Crippen LogP contribution < -0.4 is 10.1 Å². The Balaban J connectivity index is 1.76. The number of carbonyl (C=O) groups excluding carboxylic acids is 1. The Morgan fingerprint density at radius 1 is 1.19 bits per heavy atom. The zero-order chi connectivity index (χ0) is 19.6. The molecular formula is C19H17F2N3O3. The molecule has 0 saturated heterocycles. The van der Waals surface area contributed by atoms with Gasteiger partial charge in [-0.2, -0.15) is 13.9 Å². The smallest absolute Gasteiger partial charge is 0.387 e. The normalized spacial score (nSPS) is 10.9. The predicted octanol–water partition coefficient (Wildman–Crippen LogP) is 4.25. The van der Waals surface area contributed by atoms with Crippen molar-refractivity contribution in [1.82, 2.24) is 10.2 Å². The highest BCUT2D eigenvalue weighted by atomic mass is 19.3. The number of nitrogens with zero attached hydrogens (tertiary/aromatic N) is 1. The summed E-state index contributed by atoms with van der Waals surface area (Å²) in [6, 6.07) is 10.6. The summed E-state index contributed by atoms with van der Waals surface area (Å²) in [5.74, 6) is -0.377. The van der Waals surface area contributed by atoms with Gasteiger partial charge >= 0.3 is 6.61 Å². The molecule has 1 aromatic heterocycles. The Hall–Kier alpha value is -3.42. The number of hydrogen-bond donors (Lipinski definition) is 3. The number of aromatic nitrogens is 2. The number of alkyl halides is 2. The van der Waals surface area contributed by atoms with Gasteiger partial charge in [-0.25, -0.2) is 0 Å². The fraction of sp³-hybridized carbons (Fsp3) is 0.158. The highest BCUT2D eigenvalue weighted by Crippen LogP contribution is 2.32. The molecule has 0 spiro atoms. The molecule has 0 fully saturated rings. The second-order valence-electron chi connectivity index (χ2n) is 6.00. The fourth-order valence-electron chi connectivity index (χ4n) is 2.76. The van der Waals surface area contributed by atoms with Crippen molar-refractivity contribution in [2.75, 3.05) is 5.32 Å². The van der Waals surface area contributed by atoms with Crippen molar-refractivity contribution in [1.29, 1.82) is 0 Å². The average molecular weight is 373 g/mol. The van der Waals surface area contributed by atoms with Gasteiger partial charge in [-0.1, -0.05) is 6.07 Å². The minimum Gasteiger partial charge on any atom is -0.507 e. The number of hydrogen-bond acceptors (Lipinski definition) is 4. The molecule has 3 rings (SSSR count). The lowest BCUT2D eigenvalue weighted by molar-refractivity contribution is -0.0498. The predicted molar refractivity (Wildman–Crippen MR) is 96.2 cm³/mol. The Labute approximate surface area is 153 Å². The number of aromatic hydroxyl groups is 1. The first-order valence-electron chi connectivity index (χ1n) is 8.05. The quantitative estimate of drug-likeness (QED) is 0.624. The molecule has 8 heteroatoms. The molecule has 140 valence electrons. The summed E-state index contributed by atoms with van der Waals surface area (Å²) in [7, 11) is 0. The van der Waals surface area contributed by atoms with E-state index in [-0.39, 0.29) is 17.2 Å². The summed E-state index contributed by atoms with van der Waals surface area (Å²) in [6.07, 6.45) is 0. The highest BCUT2D eigenvalue weighted by Gasteiger charge is 2.16. The Kier molecular flexibility index (Phi) is 5.07. The molecule has 27 heavy (non-hydrogen) atoms. The number of halogens is 2. The van der Waals surface area contributed by atoms with Crippen LogP contribution in [0.2, 0.25) is 0 Å². The summed E-state index contributed by atoms with van der Waals surface area (Å²) < 4.78 is 28.6. The summed E-state index contributed by atoms with van der Waals surface area (Å²) in [5, 5.41) is 19.5. The molecule has 1 amide bonds. The van der Waals surface area contributed by atoms with Gasteiger partial charge in [-0.15, -0.1) is 0 Å². The maximum Gasteiger partial charge on any atom is 0.387 e. The topological polar surface area (TPSA) is 87.2 Å². The number of carbonyl (C=O) groups is 1. The summed E-state index contributed by atoms with van der Waals surface area (Å²) in [4.78, 5) is 12.3. The minimum absolute atomic E-state index is 0.00264. The lowest BCUT2D eigenvalue weighted by atomic mass is 10.0. The van der Waals surface area contributed by atoms with Gasteiger partial charge in [0.1, 0.15) is 17.2 Å². The van der Waals surface area contributed by atoms with Gasteiger partial charge in [0, 0.05) is 11.3 Å². The SMILES string of the molecule is Cc1cc(C)c(-c2cc(C(=O)Nc3ccc(OC(F)F)cc3)[nH]n2)c(O)c1. The third-order valence-electron chi connectivity index (χ3n) is 3.88. The van der Waals surface area contributed by atoms with Crippen LogP contribution in [0.4, 0.5) is 14.5 Å². The van der Waals surface area contributed by atoms with E-state index in [1.807, 2.05) is 19.9 Å². The maximum atomic E-state index is 12.3. The van der Waals surface area contributed by atoms with Crippen LogP contribution in [0.1, 0.15) is 21.6 Å². The van der Waals surface area contributed by atoms with E-state index in [4.69, 9.17) is 0 Å². The lowest BCUT2D eigenvalue weighted by Gasteiger charge is -2.07. The molecule has 3 N–H and O–H groups in total. The van der Waals surface area contributed by atoms with Gasteiger partial charge < -0.3 is 15.2 Å². The van der Waals surface area contributed by atoms with Gasteiger partial charge in [-0.3, -0.25) is 9.89 Å². The van der Waals surface area contributed by atoms with E-state index in [1.165, 1.54) is 30.3 Å². The lowest BCUT2D eigenvalue weighted by Crippen LogP contribution is -2.12. The molecule has 0 bridgehead atoms. The third-order valence-corrected chi connectivity index (χ3v) is 3.88. The monoisotopic (exact) mass is 373 g/mol. The van der Waals surface area contributed by atoms with Gasteiger partial charge in [0.15, 0.2) is 0 Å². The van der Waals surface area contributed by atoms with Crippen LogP contribution >= 0.6 is 0 Å². The minimum atomic E-state index is -2.91. The first kappa shape index (κ1) is 18.4. The summed E-state index contributed by atoms with van der Waals surface area (Å²) >= 11 is 0. The van der Waals surface area contributed by atoms with Crippen LogP contribution in [0.25, 0.3) is 11.3 Å². The molecule has 0 atom stereocenters. The first-order valence-corrected chi connectivity index (χ1v) is 8.05. The molecule has 0 radical (unpaired) electrons. The van der Waals surface area contributed by atoms with Crippen LogP contribution in [-0.2, 0) is 0 Å². The number of anilines is 1. The van der Waals surface area contributed by atoms with Crippen molar-refractivity contribution in [2.45, 2.75) is 20.5 Å². The highest BCUT2D eigenvalue weighted by molar-refractivity contribution is 6.03. The van der Waals surface area contributed by atoms with Gasteiger partial charge in [0.25, 0.3) is 5.91 Å². The fourth-order valence-corrected chi connectivity index (χ4v) is 2.76.